The zero-order valence-corrected chi connectivity index (χ0v) is 15.2. The van der Waals surface area contributed by atoms with Crippen molar-refractivity contribution in [2.24, 2.45) is 0 Å². The highest BCUT2D eigenvalue weighted by molar-refractivity contribution is 14.1. The third-order valence-corrected chi connectivity index (χ3v) is 5.34. The van der Waals surface area contributed by atoms with Gasteiger partial charge >= 0.3 is 0 Å². The highest BCUT2D eigenvalue weighted by Crippen LogP contribution is 2.29. The van der Waals surface area contributed by atoms with Gasteiger partial charge in [-0.25, -0.2) is 0 Å². The van der Waals surface area contributed by atoms with Crippen LogP contribution in [0, 0.1) is 3.57 Å². The van der Waals surface area contributed by atoms with E-state index >= 15 is 0 Å². The third kappa shape index (κ3) is 3.87. The van der Waals surface area contributed by atoms with Gasteiger partial charge in [0.1, 0.15) is 5.75 Å². The summed E-state index contributed by atoms with van der Waals surface area (Å²) in [5.41, 5.74) is 1.80. The Bertz CT molecular complexity index is 619. The number of hydrogen-bond acceptors (Lipinski definition) is 2. The molecule has 0 spiro atoms. The van der Waals surface area contributed by atoms with Crippen LogP contribution in [0.5, 0.6) is 5.75 Å². The van der Waals surface area contributed by atoms with Crippen LogP contribution in [0.25, 0.3) is 0 Å². The first-order valence-corrected chi connectivity index (χ1v) is 8.21. The van der Waals surface area contributed by atoms with Gasteiger partial charge in [0.15, 0.2) is 0 Å². The number of aliphatic hydroxyl groups is 1. The number of benzene rings is 2. The van der Waals surface area contributed by atoms with Crippen LogP contribution in [0.4, 0.5) is 0 Å². The fraction of sp³-hybridized carbons (Fsp3) is 0.200. The first kappa shape index (κ1) is 16.1. The quantitative estimate of drug-likeness (QED) is 0.642. The molecule has 0 fully saturated rings. The van der Waals surface area contributed by atoms with Gasteiger partial charge in [0.2, 0.25) is 0 Å². The molecule has 0 radical (unpaired) electrons. The number of aliphatic hydroxyl groups excluding tert-OH is 1. The van der Waals surface area contributed by atoms with Crippen molar-refractivity contribution >= 4 is 50.1 Å². The molecule has 0 aliphatic carbocycles. The van der Waals surface area contributed by atoms with Gasteiger partial charge in [-0.1, -0.05) is 33.6 Å². The smallest absolute Gasteiger partial charge is 0.119 e. The van der Waals surface area contributed by atoms with Gasteiger partial charge in [0, 0.05) is 14.5 Å². The third-order valence-electron chi connectivity index (χ3n) is 2.99. The summed E-state index contributed by atoms with van der Waals surface area (Å²) in [5.74, 6) is 0.774. The first-order chi connectivity index (χ1) is 9.51. The number of rotatable bonds is 4. The van der Waals surface area contributed by atoms with E-state index in [1.807, 2.05) is 36.4 Å². The molecule has 1 unspecified atom stereocenters. The summed E-state index contributed by atoms with van der Waals surface area (Å²) < 4.78 is 7.13. The lowest BCUT2D eigenvalue weighted by atomic mass is 10.0. The van der Waals surface area contributed by atoms with Crippen LogP contribution in [0.2, 0.25) is 5.02 Å². The Labute approximate surface area is 145 Å². The van der Waals surface area contributed by atoms with Crippen molar-refractivity contribution < 1.29 is 9.84 Å². The summed E-state index contributed by atoms with van der Waals surface area (Å²) in [7, 11) is 1.63. The molecular weight excluding hydrogens is 454 g/mol. The van der Waals surface area contributed by atoms with Crippen molar-refractivity contribution in [1.29, 1.82) is 0 Å². The molecule has 0 aromatic heterocycles. The molecule has 1 N–H and O–H groups in total. The molecule has 0 heterocycles. The molecule has 0 bridgehead atoms. The molecular formula is C15H13BrClIO2. The average Bonchev–Trinajstić information content (AvgIpc) is 2.44. The molecule has 1 atom stereocenters. The van der Waals surface area contributed by atoms with Crippen LogP contribution >= 0.6 is 50.1 Å². The van der Waals surface area contributed by atoms with E-state index in [1.165, 1.54) is 0 Å². The maximum absolute atomic E-state index is 10.4. The average molecular weight is 468 g/mol. The topological polar surface area (TPSA) is 29.5 Å². The van der Waals surface area contributed by atoms with E-state index in [9.17, 15) is 5.11 Å². The van der Waals surface area contributed by atoms with E-state index < -0.39 is 6.10 Å². The Balaban J connectivity index is 2.22. The predicted molar refractivity (Wildman–Crippen MR) is 93.5 cm³/mol. The molecule has 0 saturated carbocycles. The Morgan fingerprint density at radius 2 is 2.05 bits per heavy atom. The summed E-state index contributed by atoms with van der Waals surface area (Å²) in [4.78, 5) is 0. The standard InChI is InChI=1S/C15H13BrClIO2/c1-20-11-3-4-12(16)10(6-11)8-15(19)9-2-5-14(18)13(17)7-9/h2-7,15,19H,8H2,1H3. The Kier molecular flexibility index (Phi) is 5.72. The summed E-state index contributed by atoms with van der Waals surface area (Å²) in [5, 5.41) is 11.0. The van der Waals surface area contributed by atoms with Gasteiger partial charge in [-0.3, -0.25) is 0 Å². The zero-order valence-electron chi connectivity index (χ0n) is 10.7. The van der Waals surface area contributed by atoms with E-state index in [1.54, 1.807) is 7.11 Å². The van der Waals surface area contributed by atoms with E-state index in [0.29, 0.717) is 11.4 Å². The molecule has 0 amide bonds. The van der Waals surface area contributed by atoms with Crippen molar-refractivity contribution in [3.63, 3.8) is 0 Å². The maximum Gasteiger partial charge on any atom is 0.119 e. The molecule has 5 heteroatoms. The molecule has 0 saturated heterocycles. The van der Waals surface area contributed by atoms with Gasteiger partial charge in [0.25, 0.3) is 0 Å². The van der Waals surface area contributed by atoms with Gasteiger partial charge < -0.3 is 9.84 Å². The highest BCUT2D eigenvalue weighted by Gasteiger charge is 2.13. The minimum atomic E-state index is -0.604. The monoisotopic (exact) mass is 466 g/mol. The predicted octanol–water partition coefficient (Wildman–Crippen LogP) is 4.99. The van der Waals surface area contributed by atoms with Gasteiger partial charge in [-0.15, -0.1) is 0 Å². The van der Waals surface area contributed by atoms with E-state index in [0.717, 1.165) is 24.9 Å². The van der Waals surface area contributed by atoms with Gasteiger partial charge in [-0.2, -0.15) is 0 Å². The van der Waals surface area contributed by atoms with Gasteiger partial charge in [-0.05, 0) is 64.0 Å². The Morgan fingerprint density at radius 3 is 2.70 bits per heavy atom. The maximum atomic E-state index is 10.4. The lowest BCUT2D eigenvalue weighted by Gasteiger charge is -2.14. The van der Waals surface area contributed by atoms with E-state index in [2.05, 4.69) is 38.5 Å². The molecule has 2 nitrogen and oxygen atoms in total. The zero-order chi connectivity index (χ0) is 14.7. The Morgan fingerprint density at radius 1 is 1.30 bits per heavy atom. The lowest BCUT2D eigenvalue weighted by Crippen LogP contribution is -2.03. The second kappa shape index (κ2) is 7.11. The number of methoxy groups -OCH3 is 1. The molecule has 106 valence electrons. The molecule has 2 aromatic rings. The van der Waals surface area contributed by atoms with Crippen LogP contribution in [0.1, 0.15) is 17.2 Å². The molecule has 2 aromatic carbocycles. The number of hydrogen-bond donors (Lipinski definition) is 1. The van der Waals surface area contributed by atoms with Crippen LogP contribution < -0.4 is 4.74 Å². The summed E-state index contributed by atoms with van der Waals surface area (Å²) in [6.07, 6.45) is -0.109. The summed E-state index contributed by atoms with van der Waals surface area (Å²) >= 11 is 11.7. The van der Waals surface area contributed by atoms with E-state index in [4.69, 9.17) is 16.3 Å². The minimum Gasteiger partial charge on any atom is -0.497 e. The van der Waals surface area contributed by atoms with Crippen LogP contribution in [0.15, 0.2) is 40.9 Å². The van der Waals surface area contributed by atoms with E-state index in [-0.39, 0.29) is 0 Å². The molecule has 0 aliphatic rings. The minimum absolute atomic E-state index is 0.495. The summed E-state index contributed by atoms with van der Waals surface area (Å²) in [6.45, 7) is 0. The van der Waals surface area contributed by atoms with Crippen molar-refractivity contribution in [2.45, 2.75) is 12.5 Å². The van der Waals surface area contributed by atoms with Crippen LogP contribution in [-0.2, 0) is 6.42 Å². The highest BCUT2D eigenvalue weighted by atomic mass is 127. The van der Waals surface area contributed by atoms with Crippen LogP contribution in [-0.4, -0.2) is 12.2 Å². The normalized spacial score (nSPS) is 12.2. The van der Waals surface area contributed by atoms with Crippen molar-refractivity contribution in [3.8, 4) is 5.75 Å². The van der Waals surface area contributed by atoms with Gasteiger partial charge in [0.05, 0.1) is 18.2 Å². The largest absolute Gasteiger partial charge is 0.497 e. The second-order valence-corrected chi connectivity index (χ2v) is 6.77. The second-order valence-electron chi connectivity index (χ2n) is 4.35. The fourth-order valence-electron chi connectivity index (χ4n) is 1.88. The molecule has 20 heavy (non-hydrogen) atoms. The lowest BCUT2D eigenvalue weighted by molar-refractivity contribution is 0.178. The molecule has 0 aliphatic heterocycles. The molecule has 2 rings (SSSR count). The summed E-state index contributed by atoms with van der Waals surface area (Å²) in [6, 6.07) is 11.3. The van der Waals surface area contributed by atoms with Crippen LogP contribution in [0.3, 0.4) is 0 Å². The first-order valence-electron chi connectivity index (χ1n) is 5.96. The van der Waals surface area contributed by atoms with Crippen molar-refractivity contribution in [3.05, 3.63) is 60.6 Å². The Hall–Kier alpha value is -0.300. The number of halogens is 3. The SMILES string of the molecule is COc1ccc(Br)c(CC(O)c2ccc(I)c(Cl)c2)c1. The fourth-order valence-corrected chi connectivity index (χ4v) is 2.81. The van der Waals surface area contributed by atoms with Crippen molar-refractivity contribution in [2.75, 3.05) is 7.11 Å². The van der Waals surface area contributed by atoms with Crippen molar-refractivity contribution in [1.82, 2.24) is 0 Å². The number of ether oxygens (including phenoxy) is 1.